The summed E-state index contributed by atoms with van der Waals surface area (Å²) in [7, 11) is 1.46. The third-order valence-corrected chi connectivity index (χ3v) is 2.54. The smallest absolute Gasteiger partial charge is 0.350 e. The first-order valence-corrected chi connectivity index (χ1v) is 6.05. The zero-order valence-electron chi connectivity index (χ0n) is 11.0. The van der Waals surface area contributed by atoms with Crippen LogP contribution in [-0.4, -0.2) is 31.1 Å². The number of halogens is 1. The molecule has 0 bridgehead atoms. The summed E-state index contributed by atoms with van der Waals surface area (Å²) in [6.07, 6.45) is 0. The highest BCUT2D eigenvalue weighted by Gasteiger charge is 2.32. The SMILES string of the molecule is CNC(=O)COC(=O)C(C)(C)Oc1ccc(Cl)cc1. The predicted molar refractivity (Wildman–Crippen MR) is 71.2 cm³/mol. The molecule has 1 aromatic rings. The maximum atomic E-state index is 11.8. The highest BCUT2D eigenvalue weighted by molar-refractivity contribution is 6.30. The van der Waals surface area contributed by atoms with E-state index in [0.717, 1.165) is 0 Å². The number of hydrogen-bond acceptors (Lipinski definition) is 4. The van der Waals surface area contributed by atoms with E-state index in [0.29, 0.717) is 10.8 Å². The topological polar surface area (TPSA) is 64.6 Å². The number of rotatable bonds is 5. The van der Waals surface area contributed by atoms with Crippen LogP contribution >= 0.6 is 11.6 Å². The first kappa shape index (κ1) is 15.3. The van der Waals surface area contributed by atoms with Crippen molar-refractivity contribution >= 4 is 23.5 Å². The largest absolute Gasteiger partial charge is 0.476 e. The van der Waals surface area contributed by atoms with Gasteiger partial charge < -0.3 is 14.8 Å². The third-order valence-electron chi connectivity index (χ3n) is 2.29. The molecule has 0 spiro atoms. The lowest BCUT2D eigenvalue weighted by Crippen LogP contribution is -2.41. The average molecular weight is 286 g/mol. The van der Waals surface area contributed by atoms with E-state index >= 15 is 0 Å². The Balaban J connectivity index is 2.61. The van der Waals surface area contributed by atoms with Gasteiger partial charge in [-0.05, 0) is 38.1 Å². The summed E-state index contributed by atoms with van der Waals surface area (Å²) in [6, 6.07) is 6.61. The molecule has 0 aliphatic rings. The Morgan fingerprint density at radius 3 is 2.37 bits per heavy atom. The Morgan fingerprint density at radius 1 is 1.26 bits per heavy atom. The monoisotopic (exact) mass is 285 g/mol. The summed E-state index contributed by atoms with van der Waals surface area (Å²) in [5.41, 5.74) is -1.19. The fourth-order valence-electron chi connectivity index (χ4n) is 1.22. The summed E-state index contributed by atoms with van der Waals surface area (Å²) < 4.78 is 10.4. The number of nitrogens with one attached hydrogen (secondary N) is 1. The lowest BCUT2D eigenvalue weighted by molar-refractivity contribution is -0.161. The molecule has 0 radical (unpaired) electrons. The summed E-state index contributed by atoms with van der Waals surface area (Å²) in [4.78, 5) is 22.8. The summed E-state index contributed by atoms with van der Waals surface area (Å²) in [6.45, 7) is 2.80. The number of ether oxygens (including phenoxy) is 2. The first-order chi connectivity index (χ1) is 8.85. The van der Waals surface area contributed by atoms with Gasteiger partial charge in [-0.15, -0.1) is 0 Å². The molecule has 1 N–H and O–H groups in total. The van der Waals surface area contributed by atoms with Crippen molar-refractivity contribution in [3.05, 3.63) is 29.3 Å². The molecular formula is C13H16ClNO4. The third kappa shape index (κ3) is 4.79. The van der Waals surface area contributed by atoms with Gasteiger partial charge in [0.2, 0.25) is 0 Å². The molecule has 0 saturated carbocycles. The molecule has 19 heavy (non-hydrogen) atoms. The quantitative estimate of drug-likeness (QED) is 0.838. The highest BCUT2D eigenvalue weighted by Crippen LogP contribution is 2.21. The van der Waals surface area contributed by atoms with Crippen LogP contribution in [0.15, 0.2) is 24.3 Å². The fourth-order valence-corrected chi connectivity index (χ4v) is 1.34. The maximum absolute atomic E-state index is 11.8. The Bertz CT molecular complexity index is 456. The van der Waals surface area contributed by atoms with Crippen molar-refractivity contribution in [1.82, 2.24) is 5.32 Å². The van der Waals surface area contributed by atoms with Gasteiger partial charge in [0.15, 0.2) is 12.2 Å². The Kier molecular flexibility index (Phi) is 5.18. The van der Waals surface area contributed by atoms with Gasteiger partial charge in [0.25, 0.3) is 5.91 Å². The fraction of sp³-hybridized carbons (Fsp3) is 0.385. The van der Waals surface area contributed by atoms with Gasteiger partial charge in [0.05, 0.1) is 0 Å². The van der Waals surface area contributed by atoms with Crippen LogP contribution in [0, 0.1) is 0 Å². The maximum Gasteiger partial charge on any atom is 0.350 e. The van der Waals surface area contributed by atoms with E-state index in [1.807, 2.05) is 0 Å². The normalized spacial score (nSPS) is 10.7. The number of amides is 1. The minimum Gasteiger partial charge on any atom is -0.476 e. The molecular weight excluding hydrogens is 270 g/mol. The van der Waals surface area contributed by atoms with Gasteiger partial charge >= 0.3 is 5.97 Å². The van der Waals surface area contributed by atoms with Crippen LogP contribution in [0.4, 0.5) is 0 Å². The molecule has 1 rings (SSSR count). The number of hydrogen-bond donors (Lipinski definition) is 1. The Morgan fingerprint density at radius 2 is 1.84 bits per heavy atom. The second-order valence-electron chi connectivity index (χ2n) is 4.32. The minimum absolute atomic E-state index is 0.331. The number of carbonyl (C=O) groups is 2. The van der Waals surface area contributed by atoms with Crippen LogP contribution in [0.5, 0.6) is 5.75 Å². The number of likely N-dealkylation sites (N-methyl/N-ethyl adjacent to an activating group) is 1. The molecule has 0 saturated heterocycles. The summed E-state index contributed by atoms with van der Waals surface area (Å²) in [5.74, 6) is -0.506. The van der Waals surface area contributed by atoms with Gasteiger partial charge in [0, 0.05) is 12.1 Å². The van der Waals surface area contributed by atoms with Crippen LogP contribution in [0.2, 0.25) is 5.02 Å². The molecule has 0 heterocycles. The lowest BCUT2D eigenvalue weighted by atomic mass is 10.1. The van der Waals surface area contributed by atoms with Crippen molar-refractivity contribution in [3.8, 4) is 5.75 Å². The standard InChI is InChI=1S/C13H16ClNO4/c1-13(2,12(17)18-8-11(16)15-3)19-10-6-4-9(14)5-7-10/h4-7H,8H2,1-3H3,(H,15,16). The van der Waals surface area contributed by atoms with E-state index in [1.54, 1.807) is 38.1 Å². The Labute approximate surface area is 116 Å². The van der Waals surface area contributed by atoms with E-state index in [9.17, 15) is 9.59 Å². The lowest BCUT2D eigenvalue weighted by Gasteiger charge is -2.24. The van der Waals surface area contributed by atoms with E-state index in [4.69, 9.17) is 21.1 Å². The average Bonchev–Trinajstić information content (AvgIpc) is 2.37. The molecule has 104 valence electrons. The highest BCUT2D eigenvalue weighted by atomic mass is 35.5. The van der Waals surface area contributed by atoms with Crippen LogP contribution in [0.1, 0.15) is 13.8 Å². The van der Waals surface area contributed by atoms with Crippen molar-refractivity contribution in [2.24, 2.45) is 0 Å². The van der Waals surface area contributed by atoms with Crippen molar-refractivity contribution in [3.63, 3.8) is 0 Å². The molecule has 1 aromatic carbocycles. The minimum atomic E-state index is -1.19. The molecule has 0 aromatic heterocycles. The zero-order chi connectivity index (χ0) is 14.5. The van der Waals surface area contributed by atoms with Gasteiger partial charge in [-0.2, -0.15) is 0 Å². The molecule has 0 unspecified atom stereocenters. The number of benzene rings is 1. The summed E-state index contributed by atoms with van der Waals surface area (Å²) in [5, 5.41) is 2.93. The van der Waals surface area contributed by atoms with Gasteiger partial charge in [-0.1, -0.05) is 11.6 Å². The second kappa shape index (κ2) is 6.43. The number of esters is 1. The van der Waals surface area contributed by atoms with Crippen LogP contribution in [-0.2, 0) is 14.3 Å². The van der Waals surface area contributed by atoms with Gasteiger partial charge in [-0.25, -0.2) is 4.79 Å². The second-order valence-corrected chi connectivity index (χ2v) is 4.75. The molecule has 0 aliphatic heterocycles. The van der Waals surface area contributed by atoms with Crippen molar-refractivity contribution in [1.29, 1.82) is 0 Å². The van der Waals surface area contributed by atoms with Crippen LogP contribution in [0.3, 0.4) is 0 Å². The zero-order valence-corrected chi connectivity index (χ0v) is 11.8. The molecule has 0 atom stereocenters. The molecule has 0 fully saturated rings. The van der Waals surface area contributed by atoms with E-state index in [1.165, 1.54) is 7.05 Å². The molecule has 1 amide bonds. The first-order valence-electron chi connectivity index (χ1n) is 5.67. The summed E-state index contributed by atoms with van der Waals surface area (Å²) >= 11 is 5.75. The van der Waals surface area contributed by atoms with Gasteiger partial charge in [0.1, 0.15) is 5.75 Å². The molecule has 6 heteroatoms. The van der Waals surface area contributed by atoms with Gasteiger partial charge in [-0.3, -0.25) is 4.79 Å². The van der Waals surface area contributed by atoms with Crippen molar-refractivity contribution < 1.29 is 19.1 Å². The predicted octanol–water partition coefficient (Wildman–Crippen LogP) is 1.79. The van der Waals surface area contributed by atoms with E-state index in [-0.39, 0.29) is 12.5 Å². The van der Waals surface area contributed by atoms with E-state index < -0.39 is 11.6 Å². The van der Waals surface area contributed by atoms with E-state index in [2.05, 4.69) is 5.32 Å². The molecule has 5 nitrogen and oxygen atoms in total. The van der Waals surface area contributed by atoms with Crippen LogP contribution < -0.4 is 10.1 Å². The van der Waals surface area contributed by atoms with Crippen molar-refractivity contribution in [2.75, 3.05) is 13.7 Å². The van der Waals surface area contributed by atoms with Crippen molar-refractivity contribution in [2.45, 2.75) is 19.4 Å². The number of carbonyl (C=O) groups excluding carboxylic acids is 2. The molecule has 0 aliphatic carbocycles. The Hall–Kier alpha value is -1.75. The van der Waals surface area contributed by atoms with Crippen LogP contribution in [0.25, 0.3) is 0 Å².